The second kappa shape index (κ2) is 11.4. The second-order valence-corrected chi connectivity index (χ2v) is 9.40. The number of aryl methyl sites for hydroxylation is 1. The van der Waals surface area contributed by atoms with E-state index in [1.54, 1.807) is 34.6 Å². The molecular formula is C23H25N3O8S2. The molecule has 36 heavy (non-hydrogen) atoms. The van der Waals surface area contributed by atoms with Crippen LogP contribution in [-0.4, -0.2) is 53.2 Å². The number of hydrogen-bond donors (Lipinski definition) is 1. The lowest BCUT2D eigenvalue weighted by Crippen LogP contribution is -2.28. The Kier molecular flexibility index (Phi) is 8.58. The molecule has 0 saturated carbocycles. The van der Waals surface area contributed by atoms with E-state index in [-0.39, 0.29) is 45.5 Å². The average molecular weight is 536 g/mol. The van der Waals surface area contributed by atoms with Crippen LogP contribution in [0.5, 0.6) is 0 Å². The number of amides is 1. The monoisotopic (exact) mass is 535 g/mol. The van der Waals surface area contributed by atoms with Gasteiger partial charge in [-0.05, 0) is 45.7 Å². The van der Waals surface area contributed by atoms with Crippen LogP contribution in [0.3, 0.4) is 0 Å². The van der Waals surface area contributed by atoms with Crippen LogP contribution in [0.1, 0.15) is 61.6 Å². The summed E-state index contributed by atoms with van der Waals surface area (Å²) in [5.74, 6) is -2.49. The van der Waals surface area contributed by atoms with Gasteiger partial charge >= 0.3 is 17.9 Å². The molecular weight excluding hydrogens is 510 g/mol. The summed E-state index contributed by atoms with van der Waals surface area (Å²) in [6.07, 6.45) is 1.21. The molecule has 11 nitrogen and oxygen atoms in total. The van der Waals surface area contributed by atoms with Gasteiger partial charge < -0.3 is 19.5 Å². The van der Waals surface area contributed by atoms with Gasteiger partial charge in [-0.2, -0.15) is 0 Å². The Morgan fingerprint density at radius 2 is 1.44 bits per heavy atom. The van der Waals surface area contributed by atoms with E-state index in [4.69, 9.17) is 14.2 Å². The van der Waals surface area contributed by atoms with E-state index < -0.39 is 35.9 Å². The number of aromatic nitrogens is 2. The van der Waals surface area contributed by atoms with Crippen molar-refractivity contribution in [3.05, 3.63) is 43.1 Å². The van der Waals surface area contributed by atoms with Crippen molar-refractivity contribution in [2.45, 2.75) is 41.2 Å². The van der Waals surface area contributed by atoms with Gasteiger partial charge in [0.1, 0.15) is 26.1 Å². The highest BCUT2D eigenvalue weighted by Crippen LogP contribution is 2.34. The smallest absolute Gasteiger partial charge is 0.348 e. The first-order valence-electron chi connectivity index (χ1n) is 11.1. The molecule has 0 aliphatic rings. The fourth-order valence-corrected chi connectivity index (χ4v) is 5.56. The number of rotatable bonds is 9. The summed E-state index contributed by atoms with van der Waals surface area (Å²) in [5, 5.41) is 2.93. The van der Waals surface area contributed by atoms with Crippen LogP contribution >= 0.6 is 22.7 Å². The minimum atomic E-state index is -0.697. The van der Waals surface area contributed by atoms with Crippen molar-refractivity contribution in [3.8, 4) is 0 Å². The van der Waals surface area contributed by atoms with Gasteiger partial charge in [-0.1, -0.05) is 0 Å². The lowest BCUT2D eigenvalue weighted by Gasteiger charge is -2.08. The highest BCUT2D eigenvalue weighted by Gasteiger charge is 2.28. The van der Waals surface area contributed by atoms with Crippen molar-refractivity contribution < 1.29 is 33.4 Å². The Balaban J connectivity index is 1.92. The number of thiophene rings is 2. The number of carbonyl (C=O) groups excluding carboxylic acids is 4. The van der Waals surface area contributed by atoms with E-state index >= 15 is 0 Å². The molecule has 0 aromatic carbocycles. The summed E-state index contributed by atoms with van der Waals surface area (Å²) in [7, 11) is 0. The second-order valence-electron chi connectivity index (χ2n) is 7.38. The van der Waals surface area contributed by atoms with Crippen molar-refractivity contribution in [2.75, 3.05) is 25.1 Å². The maximum Gasteiger partial charge on any atom is 0.348 e. The molecule has 0 aliphatic carbocycles. The molecule has 0 aliphatic heterocycles. The Bertz CT molecular complexity index is 1400. The zero-order chi connectivity index (χ0) is 26.6. The molecule has 0 spiro atoms. The molecule has 3 heterocycles. The van der Waals surface area contributed by atoms with Gasteiger partial charge in [0.05, 0.1) is 37.1 Å². The lowest BCUT2D eigenvalue weighted by molar-refractivity contribution is -0.116. The standard InChI is InChI=1S/C23H25N3O8S2/c1-6-32-21(29)15-12(5)17(23(31)34-8-3)36-19(15)25-13(27)9-26-10-24-18-14(20(26)28)11(4)16(35-18)22(30)33-7-2/h10H,6-9H2,1-5H3,(H,25,27). The van der Waals surface area contributed by atoms with Crippen LogP contribution in [0, 0.1) is 13.8 Å². The van der Waals surface area contributed by atoms with Gasteiger partial charge in [0, 0.05) is 0 Å². The largest absolute Gasteiger partial charge is 0.462 e. The minimum absolute atomic E-state index is 0.0481. The zero-order valence-corrected chi connectivity index (χ0v) is 22.0. The minimum Gasteiger partial charge on any atom is -0.462 e. The summed E-state index contributed by atoms with van der Waals surface area (Å²) in [6, 6.07) is 0. The third-order valence-corrected chi connectivity index (χ3v) is 7.40. The van der Waals surface area contributed by atoms with Gasteiger partial charge in [0.2, 0.25) is 5.91 Å². The van der Waals surface area contributed by atoms with Crippen LogP contribution in [-0.2, 0) is 25.5 Å². The fraction of sp³-hybridized carbons (Fsp3) is 0.391. The molecule has 1 amide bonds. The normalized spacial score (nSPS) is 10.8. The molecule has 1 N–H and O–H groups in total. The van der Waals surface area contributed by atoms with Crippen molar-refractivity contribution in [2.24, 2.45) is 0 Å². The quantitative estimate of drug-likeness (QED) is 0.322. The van der Waals surface area contributed by atoms with Gasteiger partial charge in [0.15, 0.2) is 0 Å². The number of fused-ring (bicyclic) bond motifs is 1. The molecule has 3 rings (SSSR count). The molecule has 0 atom stereocenters. The first kappa shape index (κ1) is 27.0. The number of ether oxygens (including phenoxy) is 3. The maximum absolute atomic E-state index is 13.1. The Labute approximate surface area is 214 Å². The van der Waals surface area contributed by atoms with Gasteiger partial charge in [-0.15, -0.1) is 22.7 Å². The number of nitrogens with one attached hydrogen (secondary N) is 1. The molecule has 3 aromatic rings. The number of anilines is 1. The van der Waals surface area contributed by atoms with Gasteiger partial charge in [-0.3, -0.25) is 14.2 Å². The van der Waals surface area contributed by atoms with E-state index in [9.17, 15) is 24.0 Å². The highest BCUT2D eigenvalue weighted by molar-refractivity contribution is 7.20. The number of nitrogens with zero attached hydrogens (tertiary/aromatic N) is 2. The van der Waals surface area contributed by atoms with E-state index in [1.165, 1.54) is 6.33 Å². The maximum atomic E-state index is 13.1. The summed E-state index contributed by atoms with van der Waals surface area (Å²) in [4.78, 5) is 68.0. The van der Waals surface area contributed by atoms with Crippen molar-refractivity contribution in [1.82, 2.24) is 9.55 Å². The van der Waals surface area contributed by atoms with E-state index in [1.807, 2.05) is 0 Å². The van der Waals surface area contributed by atoms with E-state index in [0.29, 0.717) is 16.0 Å². The van der Waals surface area contributed by atoms with E-state index in [2.05, 4.69) is 10.3 Å². The Morgan fingerprint density at radius 1 is 0.889 bits per heavy atom. The Hall–Kier alpha value is -3.58. The van der Waals surface area contributed by atoms with Crippen LogP contribution in [0.25, 0.3) is 10.2 Å². The molecule has 13 heteroatoms. The third kappa shape index (κ3) is 5.31. The highest BCUT2D eigenvalue weighted by atomic mass is 32.1. The van der Waals surface area contributed by atoms with Crippen LogP contribution in [0.2, 0.25) is 0 Å². The van der Waals surface area contributed by atoms with Crippen molar-refractivity contribution >= 4 is 61.7 Å². The van der Waals surface area contributed by atoms with Gasteiger partial charge in [0.25, 0.3) is 5.56 Å². The summed E-state index contributed by atoms with van der Waals surface area (Å²) < 4.78 is 16.3. The number of carbonyl (C=O) groups is 4. The van der Waals surface area contributed by atoms with Crippen molar-refractivity contribution in [1.29, 1.82) is 0 Å². The topological polar surface area (TPSA) is 143 Å². The van der Waals surface area contributed by atoms with Crippen LogP contribution < -0.4 is 10.9 Å². The number of hydrogen-bond acceptors (Lipinski definition) is 11. The number of esters is 3. The summed E-state index contributed by atoms with van der Waals surface area (Å²) >= 11 is 1.93. The average Bonchev–Trinajstić information content (AvgIpc) is 3.33. The zero-order valence-electron chi connectivity index (χ0n) is 20.4. The van der Waals surface area contributed by atoms with Gasteiger partial charge in [-0.25, -0.2) is 19.4 Å². The summed E-state index contributed by atoms with van der Waals surface area (Å²) in [5.41, 5.74) is 0.303. The molecule has 192 valence electrons. The molecule has 0 saturated heterocycles. The molecule has 0 fully saturated rings. The van der Waals surface area contributed by atoms with E-state index in [0.717, 1.165) is 27.2 Å². The fourth-order valence-electron chi connectivity index (χ4n) is 3.43. The first-order valence-corrected chi connectivity index (χ1v) is 12.7. The lowest BCUT2D eigenvalue weighted by atomic mass is 10.1. The molecule has 3 aromatic heterocycles. The Morgan fingerprint density at radius 3 is 2.03 bits per heavy atom. The molecule has 0 unspecified atom stereocenters. The predicted octanol–water partition coefficient (Wildman–Crippen LogP) is 3.31. The first-order chi connectivity index (χ1) is 17.1. The molecule has 0 radical (unpaired) electrons. The predicted molar refractivity (Wildman–Crippen MR) is 134 cm³/mol. The van der Waals surface area contributed by atoms with Crippen molar-refractivity contribution in [3.63, 3.8) is 0 Å². The summed E-state index contributed by atoms with van der Waals surface area (Å²) in [6.45, 7) is 8.18. The SMILES string of the molecule is CCOC(=O)c1sc(NC(=O)Cn2cnc3sc(C(=O)OCC)c(C)c3c2=O)c(C(=O)OCC)c1C. The van der Waals surface area contributed by atoms with Crippen LogP contribution in [0.4, 0.5) is 5.00 Å². The molecule has 0 bridgehead atoms. The third-order valence-electron chi connectivity index (χ3n) is 5.03. The van der Waals surface area contributed by atoms with Crippen LogP contribution in [0.15, 0.2) is 11.1 Å².